The summed E-state index contributed by atoms with van der Waals surface area (Å²) in [5, 5.41) is 10.7. The third-order valence-electron chi connectivity index (χ3n) is 10.0. The van der Waals surface area contributed by atoms with Crippen molar-refractivity contribution in [3.05, 3.63) is 174 Å². The molecular formula is C45H28N4OS. The van der Waals surface area contributed by atoms with E-state index in [1.807, 2.05) is 47.7 Å². The number of nitrogens with zero attached hydrogens (tertiary/aromatic N) is 3. The molecule has 0 bridgehead atoms. The first-order valence-corrected chi connectivity index (χ1v) is 17.9. The molecule has 0 amide bonds. The average molecular weight is 673 g/mol. The van der Waals surface area contributed by atoms with E-state index >= 15 is 0 Å². The Bertz CT molecular complexity index is 3010. The van der Waals surface area contributed by atoms with E-state index in [-0.39, 0.29) is 6.17 Å². The second-order valence-corrected chi connectivity index (χ2v) is 14.1. The van der Waals surface area contributed by atoms with E-state index in [2.05, 4.69) is 131 Å². The first-order valence-electron chi connectivity index (χ1n) is 17.1. The van der Waals surface area contributed by atoms with Crippen LogP contribution in [0.3, 0.4) is 0 Å². The molecule has 0 saturated carbocycles. The summed E-state index contributed by atoms with van der Waals surface area (Å²) in [5.41, 5.74) is 8.36. The molecule has 0 radical (unpaired) electrons. The molecule has 0 aliphatic carbocycles. The van der Waals surface area contributed by atoms with Crippen LogP contribution in [0.2, 0.25) is 0 Å². The van der Waals surface area contributed by atoms with Gasteiger partial charge in [-0.1, -0.05) is 109 Å². The van der Waals surface area contributed by atoms with Gasteiger partial charge in [-0.3, -0.25) is 0 Å². The van der Waals surface area contributed by atoms with E-state index in [1.54, 1.807) is 0 Å². The Balaban J connectivity index is 1.07. The Hall–Kier alpha value is -6.50. The summed E-state index contributed by atoms with van der Waals surface area (Å²) in [6, 6.07) is 55.4. The van der Waals surface area contributed by atoms with Crippen molar-refractivity contribution in [1.29, 1.82) is 0 Å². The minimum Gasteiger partial charge on any atom is -0.456 e. The molecule has 0 saturated heterocycles. The highest BCUT2D eigenvalue weighted by molar-refractivity contribution is 7.25. The van der Waals surface area contributed by atoms with Crippen molar-refractivity contribution in [2.24, 2.45) is 9.98 Å². The minimum absolute atomic E-state index is 0.295. The molecule has 1 aliphatic rings. The van der Waals surface area contributed by atoms with Crippen molar-refractivity contribution >= 4 is 86.9 Å². The molecule has 3 aromatic heterocycles. The fourth-order valence-electron chi connectivity index (χ4n) is 7.71. The zero-order valence-corrected chi connectivity index (χ0v) is 28.1. The summed E-state index contributed by atoms with van der Waals surface area (Å²) in [5.74, 6) is 1.53. The molecule has 5 nitrogen and oxygen atoms in total. The van der Waals surface area contributed by atoms with Crippen molar-refractivity contribution < 1.29 is 4.42 Å². The van der Waals surface area contributed by atoms with Crippen LogP contribution in [-0.2, 0) is 0 Å². The Morgan fingerprint density at radius 3 is 2.00 bits per heavy atom. The molecule has 0 fully saturated rings. The number of benzene rings is 7. The molecule has 7 aromatic carbocycles. The van der Waals surface area contributed by atoms with Crippen molar-refractivity contribution in [1.82, 2.24) is 9.88 Å². The summed E-state index contributed by atoms with van der Waals surface area (Å²) in [6.07, 6.45) is -0.295. The van der Waals surface area contributed by atoms with Gasteiger partial charge in [0.25, 0.3) is 0 Å². The quantitative estimate of drug-likeness (QED) is 0.202. The highest BCUT2D eigenvalue weighted by Gasteiger charge is 2.23. The number of rotatable bonds is 4. The summed E-state index contributed by atoms with van der Waals surface area (Å²) < 4.78 is 11.5. The van der Waals surface area contributed by atoms with Crippen molar-refractivity contribution in [2.45, 2.75) is 6.17 Å². The number of aliphatic imine (C=N–C) groups is 2. The number of thiophene rings is 1. The van der Waals surface area contributed by atoms with Gasteiger partial charge in [0, 0.05) is 47.5 Å². The number of hydrogen-bond acceptors (Lipinski definition) is 5. The number of amidine groups is 2. The fraction of sp³-hybridized carbons (Fsp3) is 0.0222. The molecule has 240 valence electrons. The highest BCUT2D eigenvalue weighted by Crippen LogP contribution is 2.43. The first kappa shape index (κ1) is 28.3. The van der Waals surface area contributed by atoms with Crippen molar-refractivity contribution in [3.8, 4) is 5.69 Å². The molecule has 4 heterocycles. The van der Waals surface area contributed by atoms with Gasteiger partial charge in [0.05, 0.1) is 22.1 Å². The van der Waals surface area contributed by atoms with Crippen LogP contribution in [0.5, 0.6) is 0 Å². The van der Waals surface area contributed by atoms with Gasteiger partial charge in [-0.2, -0.15) is 0 Å². The molecule has 6 heteroatoms. The van der Waals surface area contributed by atoms with Gasteiger partial charge >= 0.3 is 0 Å². The summed E-state index contributed by atoms with van der Waals surface area (Å²) in [6.45, 7) is 0. The van der Waals surface area contributed by atoms with Crippen LogP contribution >= 0.6 is 11.3 Å². The second-order valence-electron chi connectivity index (χ2n) is 13.0. The molecule has 1 N–H and O–H groups in total. The Kier molecular flexibility index (Phi) is 6.12. The highest BCUT2D eigenvalue weighted by atomic mass is 32.1. The first-order chi connectivity index (χ1) is 25.3. The SMILES string of the molecule is c1ccc(C2=NC(c3ccc4sc5cc6c(cc5c4c3)oc3cccc(-n4c5ccccc5c5ccccc54)c36)NC(c3ccccc3)=N2)cc1. The number of aromatic nitrogens is 1. The molecular weight excluding hydrogens is 645 g/mol. The van der Waals surface area contributed by atoms with Gasteiger partial charge in [-0.25, -0.2) is 9.98 Å². The molecule has 1 aliphatic heterocycles. The van der Waals surface area contributed by atoms with Crippen LogP contribution in [0.15, 0.2) is 172 Å². The Morgan fingerprint density at radius 1 is 0.549 bits per heavy atom. The van der Waals surface area contributed by atoms with Crippen LogP contribution in [0.25, 0.3) is 69.6 Å². The zero-order chi connectivity index (χ0) is 33.5. The molecule has 10 aromatic rings. The number of para-hydroxylation sites is 2. The van der Waals surface area contributed by atoms with E-state index in [9.17, 15) is 0 Å². The smallest absolute Gasteiger partial charge is 0.159 e. The summed E-state index contributed by atoms with van der Waals surface area (Å²) in [4.78, 5) is 10.1. The van der Waals surface area contributed by atoms with E-state index < -0.39 is 0 Å². The predicted molar refractivity (Wildman–Crippen MR) is 213 cm³/mol. The maximum atomic E-state index is 6.66. The molecule has 11 rings (SSSR count). The third-order valence-corrected chi connectivity index (χ3v) is 11.2. The second kappa shape index (κ2) is 11.0. The van der Waals surface area contributed by atoms with Gasteiger partial charge in [-0.05, 0) is 54.1 Å². The van der Waals surface area contributed by atoms with Crippen LogP contribution in [0, 0.1) is 0 Å². The molecule has 1 unspecified atom stereocenters. The zero-order valence-electron chi connectivity index (χ0n) is 27.2. The fourth-order valence-corrected chi connectivity index (χ4v) is 8.82. The average Bonchev–Trinajstić information content (AvgIpc) is 3.86. The third kappa shape index (κ3) is 4.40. The lowest BCUT2D eigenvalue weighted by molar-refractivity contribution is 0.669. The Morgan fingerprint density at radius 2 is 1.24 bits per heavy atom. The number of fused-ring (bicyclic) bond motifs is 9. The normalized spacial score (nSPS) is 14.9. The number of hydrogen-bond donors (Lipinski definition) is 1. The molecule has 1 atom stereocenters. The van der Waals surface area contributed by atoms with E-state index in [0.717, 1.165) is 56.0 Å². The van der Waals surface area contributed by atoms with Crippen LogP contribution in [0.4, 0.5) is 0 Å². The predicted octanol–water partition coefficient (Wildman–Crippen LogP) is 11.5. The number of nitrogens with one attached hydrogen (secondary N) is 1. The van der Waals surface area contributed by atoms with Crippen LogP contribution in [-0.4, -0.2) is 16.2 Å². The summed E-state index contributed by atoms with van der Waals surface area (Å²) >= 11 is 1.82. The van der Waals surface area contributed by atoms with E-state index in [1.165, 1.54) is 42.0 Å². The van der Waals surface area contributed by atoms with Crippen molar-refractivity contribution in [3.63, 3.8) is 0 Å². The van der Waals surface area contributed by atoms with E-state index in [0.29, 0.717) is 0 Å². The standard InChI is InChI=1S/C45H28N4OS/c1-3-12-27(13-4-1)43-46-44(28-14-5-2-6-15-28)48-45(47-43)29-22-23-40-32(24-29)33-25-39-34(26-41(33)51-40)42-37(20-11-21-38(42)50-39)49-35-18-9-7-16-30(35)31-17-8-10-19-36(31)49/h1-26,45H,(H,46,47,48). The topological polar surface area (TPSA) is 54.8 Å². The van der Waals surface area contributed by atoms with Gasteiger partial charge in [0.1, 0.15) is 23.2 Å². The van der Waals surface area contributed by atoms with Crippen molar-refractivity contribution in [2.75, 3.05) is 0 Å². The lowest BCUT2D eigenvalue weighted by Crippen LogP contribution is -2.33. The Labute approximate surface area is 296 Å². The summed E-state index contributed by atoms with van der Waals surface area (Å²) in [7, 11) is 0. The van der Waals surface area contributed by atoms with Gasteiger partial charge in [-0.15, -0.1) is 11.3 Å². The van der Waals surface area contributed by atoms with Crippen LogP contribution in [0.1, 0.15) is 22.9 Å². The van der Waals surface area contributed by atoms with Gasteiger partial charge in [0.15, 0.2) is 5.84 Å². The van der Waals surface area contributed by atoms with Gasteiger partial charge < -0.3 is 14.3 Å². The maximum absolute atomic E-state index is 6.66. The largest absolute Gasteiger partial charge is 0.456 e. The lowest BCUT2D eigenvalue weighted by atomic mass is 10.0. The van der Waals surface area contributed by atoms with E-state index in [4.69, 9.17) is 14.4 Å². The minimum atomic E-state index is -0.295. The van der Waals surface area contributed by atoms with Gasteiger partial charge in [0.2, 0.25) is 0 Å². The monoisotopic (exact) mass is 672 g/mol. The molecule has 0 spiro atoms. The number of furan rings is 1. The van der Waals surface area contributed by atoms with Crippen LogP contribution < -0.4 is 5.32 Å². The lowest BCUT2D eigenvalue weighted by Gasteiger charge is -2.23. The molecule has 51 heavy (non-hydrogen) atoms. The maximum Gasteiger partial charge on any atom is 0.159 e.